The van der Waals surface area contributed by atoms with Crippen molar-refractivity contribution in [3.63, 3.8) is 0 Å². The van der Waals surface area contributed by atoms with E-state index in [1.165, 1.54) is 0 Å². The highest BCUT2D eigenvalue weighted by molar-refractivity contribution is 7.87. The molecule has 0 aromatic heterocycles. The predicted octanol–water partition coefficient (Wildman–Crippen LogP) is 4.69. The first kappa shape index (κ1) is 15.8. The van der Waals surface area contributed by atoms with Gasteiger partial charge in [0, 0.05) is 16.7 Å². The van der Waals surface area contributed by atoms with Crippen molar-refractivity contribution in [2.75, 3.05) is 0 Å². The number of rotatable bonds is 3. The minimum Gasteiger partial charge on any atom is -0.378 e. The second-order valence-electron chi connectivity index (χ2n) is 5.92. The van der Waals surface area contributed by atoms with Crippen LogP contribution in [-0.4, -0.2) is 8.42 Å². The van der Waals surface area contributed by atoms with Crippen LogP contribution in [-0.2, 0) is 14.3 Å². The van der Waals surface area contributed by atoms with Crippen molar-refractivity contribution in [2.45, 2.75) is 38.5 Å². The lowest BCUT2D eigenvalue weighted by atomic mass is 9.94. The van der Waals surface area contributed by atoms with Gasteiger partial charge in [0.2, 0.25) is 0 Å². The fourth-order valence-electron chi connectivity index (χ4n) is 3.14. The van der Waals surface area contributed by atoms with E-state index >= 15 is 0 Å². The summed E-state index contributed by atoms with van der Waals surface area (Å²) in [6, 6.07) is 13.3. The molecule has 120 valence electrons. The molecule has 0 saturated heterocycles. The smallest absolute Gasteiger partial charge is 0.340 e. The van der Waals surface area contributed by atoms with Gasteiger partial charge in [-0.2, -0.15) is 8.42 Å². The van der Waals surface area contributed by atoms with E-state index in [4.69, 9.17) is 4.18 Å². The molecule has 4 heteroatoms. The lowest BCUT2D eigenvalue weighted by Gasteiger charge is -2.25. The van der Waals surface area contributed by atoms with Crippen molar-refractivity contribution < 1.29 is 12.6 Å². The van der Waals surface area contributed by atoms with E-state index in [2.05, 4.69) is 6.92 Å². The molecule has 0 bridgehead atoms. The second-order valence-corrected chi connectivity index (χ2v) is 7.40. The predicted molar refractivity (Wildman–Crippen MR) is 92.4 cm³/mol. The largest absolute Gasteiger partial charge is 0.378 e. The fourth-order valence-corrected chi connectivity index (χ4v) is 4.55. The molecule has 1 aliphatic rings. The molecule has 0 radical (unpaired) electrons. The minimum absolute atomic E-state index is 0.311. The van der Waals surface area contributed by atoms with E-state index in [1.807, 2.05) is 56.3 Å². The average Bonchev–Trinajstić information content (AvgIpc) is 2.49. The summed E-state index contributed by atoms with van der Waals surface area (Å²) in [5.41, 5.74) is 4.34. The first-order chi connectivity index (χ1) is 10.9. The lowest BCUT2D eigenvalue weighted by Crippen LogP contribution is -2.17. The molecule has 23 heavy (non-hydrogen) atoms. The van der Waals surface area contributed by atoms with Crippen molar-refractivity contribution in [3.05, 3.63) is 64.7 Å². The Morgan fingerprint density at radius 3 is 2.39 bits per heavy atom. The van der Waals surface area contributed by atoms with Gasteiger partial charge in [0.1, 0.15) is 4.90 Å². The van der Waals surface area contributed by atoms with E-state index in [-0.39, 0.29) is 0 Å². The van der Waals surface area contributed by atoms with Gasteiger partial charge < -0.3 is 4.18 Å². The molecule has 0 aliphatic carbocycles. The Hall–Kier alpha value is -2.07. The molecule has 0 saturated carbocycles. The Balaban J connectivity index is 2.36. The Labute approximate surface area is 137 Å². The van der Waals surface area contributed by atoms with E-state index in [0.29, 0.717) is 10.7 Å². The minimum atomic E-state index is -3.80. The van der Waals surface area contributed by atoms with Gasteiger partial charge in [-0.05, 0) is 25.8 Å². The van der Waals surface area contributed by atoms with Crippen molar-refractivity contribution in [3.8, 4) is 0 Å². The quantitative estimate of drug-likeness (QED) is 0.768. The van der Waals surface area contributed by atoms with Gasteiger partial charge in [0.15, 0.2) is 5.76 Å². The molecule has 1 aliphatic heterocycles. The third kappa shape index (κ3) is 2.79. The molecule has 3 rings (SSSR count). The van der Waals surface area contributed by atoms with Crippen molar-refractivity contribution in [1.82, 2.24) is 0 Å². The zero-order valence-corrected chi connectivity index (χ0v) is 14.4. The SMILES string of the molecule is CCCC1=C(c2ccccc2)OS(=O)(=O)c2c(C)cc(C)cc21. The highest BCUT2D eigenvalue weighted by Crippen LogP contribution is 2.42. The maximum absolute atomic E-state index is 12.7. The maximum atomic E-state index is 12.7. The summed E-state index contributed by atoms with van der Waals surface area (Å²) in [5, 5.41) is 0. The van der Waals surface area contributed by atoms with Crippen LogP contribution in [0, 0.1) is 13.8 Å². The number of allylic oxidation sites excluding steroid dienone is 1. The van der Waals surface area contributed by atoms with Gasteiger partial charge in [-0.1, -0.05) is 61.4 Å². The van der Waals surface area contributed by atoms with Crippen LogP contribution >= 0.6 is 0 Å². The van der Waals surface area contributed by atoms with Crippen molar-refractivity contribution in [2.24, 2.45) is 0 Å². The molecule has 2 aromatic rings. The standard InChI is InChI=1S/C19H20O3S/c1-4-8-16-17-12-13(2)11-14(3)19(17)23(20,21)22-18(16)15-9-6-5-7-10-15/h5-7,9-12H,4,8H2,1-3H3. The van der Waals surface area contributed by atoms with E-state index < -0.39 is 10.1 Å². The molecule has 0 amide bonds. The van der Waals surface area contributed by atoms with Gasteiger partial charge in [-0.3, -0.25) is 0 Å². The molecule has 1 heterocycles. The normalized spacial score (nSPS) is 16.0. The Kier molecular flexibility index (Phi) is 4.02. The number of hydrogen-bond acceptors (Lipinski definition) is 3. The number of hydrogen-bond donors (Lipinski definition) is 0. The monoisotopic (exact) mass is 328 g/mol. The van der Waals surface area contributed by atoms with Gasteiger partial charge in [-0.15, -0.1) is 0 Å². The molecule has 0 fully saturated rings. The summed E-state index contributed by atoms with van der Waals surface area (Å²) in [6.45, 7) is 5.89. The lowest BCUT2D eigenvalue weighted by molar-refractivity contribution is 0.458. The van der Waals surface area contributed by atoms with Crippen LogP contribution < -0.4 is 0 Å². The molecule has 0 unspecified atom stereocenters. The Morgan fingerprint density at radius 1 is 1.04 bits per heavy atom. The molecule has 0 N–H and O–H groups in total. The number of fused-ring (bicyclic) bond motifs is 1. The molecule has 0 atom stereocenters. The van der Waals surface area contributed by atoms with E-state index in [9.17, 15) is 8.42 Å². The third-order valence-corrected chi connectivity index (χ3v) is 5.43. The van der Waals surface area contributed by atoms with Gasteiger partial charge >= 0.3 is 10.1 Å². The average molecular weight is 328 g/mol. The van der Waals surface area contributed by atoms with E-state index in [1.54, 1.807) is 0 Å². The fraction of sp³-hybridized carbons (Fsp3) is 0.263. The number of benzene rings is 2. The van der Waals surface area contributed by atoms with Crippen molar-refractivity contribution >= 4 is 21.5 Å². The Bertz CT molecular complexity index is 878. The van der Waals surface area contributed by atoms with E-state index in [0.717, 1.165) is 40.7 Å². The van der Waals surface area contributed by atoms with Crippen LogP contribution in [0.15, 0.2) is 47.4 Å². The van der Waals surface area contributed by atoms with Crippen LogP contribution in [0.3, 0.4) is 0 Å². The topological polar surface area (TPSA) is 43.4 Å². The maximum Gasteiger partial charge on any atom is 0.340 e. The highest BCUT2D eigenvalue weighted by Gasteiger charge is 2.33. The van der Waals surface area contributed by atoms with Gasteiger partial charge in [0.25, 0.3) is 0 Å². The summed E-state index contributed by atoms with van der Waals surface area (Å²) in [7, 11) is -3.80. The second kappa shape index (κ2) is 5.85. The summed E-state index contributed by atoms with van der Waals surface area (Å²) in [6.07, 6.45) is 1.69. The van der Waals surface area contributed by atoms with Crippen LogP contribution in [0.25, 0.3) is 11.3 Å². The Morgan fingerprint density at radius 2 is 1.74 bits per heavy atom. The summed E-state index contributed by atoms with van der Waals surface area (Å²) < 4.78 is 30.9. The summed E-state index contributed by atoms with van der Waals surface area (Å²) in [4.78, 5) is 0.311. The molecular weight excluding hydrogens is 308 g/mol. The van der Waals surface area contributed by atoms with Crippen LogP contribution in [0.1, 0.15) is 42.0 Å². The first-order valence-corrected chi connectivity index (χ1v) is 9.19. The van der Waals surface area contributed by atoms with Crippen LogP contribution in [0.4, 0.5) is 0 Å². The summed E-state index contributed by atoms with van der Waals surface area (Å²) in [5.74, 6) is 0.463. The molecular formula is C19H20O3S. The molecule has 3 nitrogen and oxygen atoms in total. The van der Waals surface area contributed by atoms with Crippen LogP contribution in [0.5, 0.6) is 0 Å². The zero-order valence-electron chi connectivity index (χ0n) is 13.6. The summed E-state index contributed by atoms with van der Waals surface area (Å²) >= 11 is 0. The number of aryl methyl sites for hydroxylation is 2. The highest BCUT2D eigenvalue weighted by atomic mass is 32.2. The van der Waals surface area contributed by atoms with Crippen LogP contribution in [0.2, 0.25) is 0 Å². The third-order valence-electron chi connectivity index (χ3n) is 4.00. The van der Waals surface area contributed by atoms with Gasteiger partial charge in [0.05, 0.1) is 0 Å². The zero-order chi connectivity index (χ0) is 16.6. The molecule has 0 spiro atoms. The molecule has 2 aromatic carbocycles. The van der Waals surface area contributed by atoms with Crippen molar-refractivity contribution in [1.29, 1.82) is 0 Å². The van der Waals surface area contributed by atoms with Gasteiger partial charge in [-0.25, -0.2) is 0 Å². The first-order valence-electron chi connectivity index (χ1n) is 7.78.